The van der Waals surface area contributed by atoms with Crippen LogP contribution in [-0.2, 0) is 28.5 Å². The van der Waals surface area contributed by atoms with Crippen molar-refractivity contribution in [3.05, 3.63) is 47.8 Å². The first-order valence-corrected chi connectivity index (χ1v) is 15.5. The average Bonchev–Trinajstić information content (AvgIpc) is 3.62. The highest BCUT2D eigenvalue weighted by Gasteiger charge is 2.71. The summed E-state index contributed by atoms with van der Waals surface area (Å²) in [6.07, 6.45) is 1.09. The van der Waals surface area contributed by atoms with E-state index in [9.17, 15) is 29.4 Å². The van der Waals surface area contributed by atoms with E-state index in [1.165, 1.54) is 7.11 Å². The summed E-state index contributed by atoms with van der Waals surface area (Å²) < 4.78 is 27.2. The minimum Gasteiger partial charge on any atom is -0.457 e. The fourth-order valence-electron chi connectivity index (χ4n) is 8.16. The Bertz CT molecular complexity index is 1380. The minimum atomic E-state index is -1.49. The zero-order valence-corrected chi connectivity index (χ0v) is 26.7. The maximum atomic E-state index is 13.4. The van der Waals surface area contributed by atoms with E-state index in [0.29, 0.717) is 11.3 Å². The monoisotopic (exact) mass is 645 g/mol. The van der Waals surface area contributed by atoms with Gasteiger partial charge in [0.15, 0.2) is 6.10 Å². The van der Waals surface area contributed by atoms with Gasteiger partial charge in [0, 0.05) is 42.9 Å². The molecule has 14 heteroatoms. The average molecular weight is 646 g/mol. The number of ether oxygens (including phenoxy) is 5. The third kappa shape index (κ3) is 5.77. The number of allylic oxidation sites excluding steroid dienone is 1. The van der Waals surface area contributed by atoms with Crippen LogP contribution in [0.2, 0.25) is 0 Å². The number of hydrogen-bond donors (Lipinski definition) is 5. The summed E-state index contributed by atoms with van der Waals surface area (Å²) >= 11 is 0. The number of methoxy groups -OCH3 is 2. The van der Waals surface area contributed by atoms with Crippen molar-refractivity contribution < 1.29 is 53.1 Å². The Kier molecular flexibility index (Phi) is 9.52. The van der Waals surface area contributed by atoms with Crippen molar-refractivity contribution in [3.8, 4) is 0 Å². The Morgan fingerprint density at radius 1 is 1.13 bits per heavy atom. The second kappa shape index (κ2) is 13.1. The van der Waals surface area contributed by atoms with Gasteiger partial charge in [-0.25, -0.2) is 30.0 Å². The van der Waals surface area contributed by atoms with Gasteiger partial charge in [-0.2, -0.15) is 0 Å². The number of aliphatic hydroxyl groups is 2. The molecule has 2 fully saturated rings. The van der Waals surface area contributed by atoms with E-state index in [1.54, 1.807) is 45.2 Å². The molecule has 252 valence electrons. The predicted molar refractivity (Wildman–Crippen MR) is 160 cm³/mol. The molecular weight excluding hydrogens is 602 g/mol. The smallest absolute Gasteiger partial charge is 0.426 e. The van der Waals surface area contributed by atoms with E-state index >= 15 is 0 Å². The summed E-state index contributed by atoms with van der Waals surface area (Å²) in [5.74, 6) is -3.90. The molecule has 1 aromatic heterocycles. The lowest BCUT2D eigenvalue weighted by molar-refractivity contribution is -0.186. The van der Waals surface area contributed by atoms with Crippen LogP contribution < -0.4 is 10.9 Å². The lowest BCUT2D eigenvalue weighted by atomic mass is 9.46. The third-order valence-corrected chi connectivity index (χ3v) is 10.4. The number of H-pyrrole nitrogens is 1. The molecule has 5 rings (SSSR count). The third-order valence-electron chi connectivity index (χ3n) is 10.4. The van der Waals surface area contributed by atoms with Crippen molar-refractivity contribution in [2.24, 2.45) is 41.4 Å². The van der Waals surface area contributed by atoms with E-state index in [1.807, 2.05) is 24.5 Å². The number of amides is 2. The van der Waals surface area contributed by atoms with Gasteiger partial charge in [0.25, 0.3) is 0 Å². The molecule has 5 N–H and O–H groups in total. The second-order valence-electron chi connectivity index (χ2n) is 12.8. The van der Waals surface area contributed by atoms with Gasteiger partial charge in [0.1, 0.15) is 24.0 Å². The van der Waals surface area contributed by atoms with Crippen LogP contribution in [0.1, 0.15) is 44.6 Å². The van der Waals surface area contributed by atoms with Gasteiger partial charge >= 0.3 is 24.1 Å². The number of aromatic amines is 1. The van der Waals surface area contributed by atoms with Crippen LogP contribution in [0.15, 0.2) is 42.1 Å². The van der Waals surface area contributed by atoms with Crippen LogP contribution >= 0.6 is 0 Å². The number of carbonyl (C=O) groups excluding carboxylic acids is 4. The van der Waals surface area contributed by atoms with Crippen LogP contribution in [0.5, 0.6) is 0 Å². The maximum Gasteiger partial charge on any atom is 0.426 e. The summed E-state index contributed by atoms with van der Waals surface area (Å²) in [6, 6.07) is 3.34. The van der Waals surface area contributed by atoms with Crippen LogP contribution in [0.4, 0.5) is 9.59 Å². The van der Waals surface area contributed by atoms with E-state index in [0.717, 1.165) is 7.11 Å². The molecule has 14 nitrogen and oxygen atoms in total. The molecule has 0 saturated heterocycles. The number of aliphatic hydroxyl groups excluding tert-OH is 1. The first-order chi connectivity index (χ1) is 21.8. The van der Waals surface area contributed by atoms with Gasteiger partial charge in [-0.15, -0.1) is 0 Å². The zero-order chi connectivity index (χ0) is 33.5. The van der Waals surface area contributed by atoms with Crippen molar-refractivity contribution in [1.82, 2.24) is 15.8 Å². The van der Waals surface area contributed by atoms with Crippen LogP contribution in [0.3, 0.4) is 0 Å². The molecule has 0 spiro atoms. The van der Waals surface area contributed by atoms with Gasteiger partial charge in [-0.3, -0.25) is 0 Å². The molecule has 2 heterocycles. The molecule has 0 radical (unpaired) electrons. The van der Waals surface area contributed by atoms with Gasteiger partial charge in [0.2, 0.25) is 0 Å². The Morgan fingerprint density at radius 3 is 2.50 bits per heavy atom. The van der Waals surface area contributed by atoms with Gasteiger partial charge in [-0.1, -0.05) is 32.1 Å². The Hall–Kier alpha value is -3.88. The molecule has 0 bridgehead atoms. The molecule has 2 saturated carbocycles. The number of hydrogen-bond acceptors (Lipinski definition) is 11. The molecule has 3 unspecified atom stereocenters. The van der Waals surface area contributed by atoms with Crippen molar-refractivity contribution in [2.75, 3.05) is 14.2 Å². The largest absolute Gasteiger partial charge is 0.457 e. The highest BCUT2D eigenvalue weighted by Crippen LogP contribution is 2.66. The van der Waals surface area contributed by atoms with Crippen LogP contribution in [0, 0.1) is 41.4 Å². The molecule has 4 aliphatic rings. The van der Waals surface area contributed by atoms with E-state index in [-0.39, 0.29) is 30.1 Å². The highest BCUT2D eigenvalue weighted by atomic mass is 16.6. The SMILES string of the molecule is COC(=O)NNC(=O)O[C@H](C)[C@H]1OC(=O)[C@@H](OC)C[C@H]2C=CC3C(C4[C@H]3[C@H](OC(=O)c3ccc[nH]3)[C@H](C)[C@H]4O)[C@]2(O)/C(C)=C/[C@H]1C. The number of nitrogens with one attached hydrogen (secondary N) is 3. The normalized spacial score (nSPS) is 39.9. The number of hydrazine groups is 1. The zero-order valence-electron chi connectivity index (χ0n) is 26.7. The molecule has 2 amide bonds. The molecule has 46 heavy (non-hydrogen) atoms. The Labute approximate surface area is 266 Å². The summed E-state index contributed by atoms with van der Waals surface area (Å²) in [4.78, 5) is 52.8. The van der Waals surface area contributed by atoms with Gasteiger partial charge < -0.3 is 38.9 Å². The predicted octanol–water partition coefficient (Wildman–Crippen LogP) is 2.24. The van der Waals surface area contributed by atoms with E-state index < -0.39 is 78.0 Å². The number of aromatic nitrogens is 1. The van der Waals surface area contributed by atoms with E-state index in [4.69, 9.17) is 18.9 Å². The van der Waals surface area contributed by atoms with Crippen LogP contribution in [0.25, 0.3) is 0 Å². The number of rotatable bonds is 5. The molecule has 1 aliphatic heterocycles. The lowest BCUT2D eigenvalue weighted by Crippen LogP contribution is -2.65. The Morgan fingerprint density at radius 2 is 1.85 bits per heavy atom. The minimum absolute atomic E-state index is 0.0882. The van der Waals surface area contributed by atoms with Gasteiger partial charge in [-0.05, 0) is 49.8 Å². The molecular formula is C32H43N3O11. The fourth-order valence-corrected chi connectivity index (χ4v) is 8.16. The lowest BCUT2D eigenvalue weighted by Gasteiger charge is -2.61. The maximum absolute atomic E-state index is 13.4. The summed E-state index contributed by atoms with van der Waals surface area (Å²) in [7, 11) is 2.51. The summed E-state index contributed by atoms with van der Waals surface area (Å²) in [5.41, 5.74) is 3.50. The summed E-state index contributed by atoms with van der Waals surface area (Å²) in [6.45, 7) is 6.98. The fraction of sp³-hybridized carbons (Fsp3) is 0.625. The molecule has 3 aliphatic carbocycles. The van der Waals surface area contributed by atoms with E-state index in [2.05, 4.69) is 15.1 Å². The highest BCUT2D eigenvalue weighted by molar-refractivity contribution is 5.87. The van der Waals surface area contributed by atoms with Crippen molar-refractivity contribution >= 4 is 24.1 Å². The molecule has 0 aromatic carbocycles. The van der Waals surface area contributed by atoms with Crippen LogP contribution in [-0.4, -0.2) is 89.7 Å². The quantitative estimate of drug-likeness (QED) is 0.136. The Balaban J connectivity index is 1.44. The topological polar surface area (TPSA) is 195 Å². The molecule has 1 aromatic rings. The first kappa shape index (κ1) is 33.5. The number of fused-ring (bicyclic) bond motifs is 6. The number of cyclic esters (lactones) is 1. The number of esters is 2. The standard InChI is InChI=1S/C32H43N3O11/c1-14-12-15(2)32(41)18(13-21(42-5)29(38)45-26(14)17(4)44-31(40)35-34-30(39)43-6)9-10-19-22-23(24(19)32)25(36)16(3)27(22)46-28(37)20-8-7-11-33-20/h7-12,14,16-19,21-27,33,36,41H,13H2,1-6H3,(H,34,39)(H,35,40)/b15-12+/t14-,16-,17-,18-,19?,21+,22+,23?,24?,25-,26+,27-,32+/m1/s1. The second-order valence-corrected chi connectivity index (χ2v) is 12.8. The van der Waals surface area contributed by atoms with Crippen molar-refractivity contribution in [1.29, 1.82) is 0 Å². The van der Waals surface area contributed by atoms with Crippen molar-refractivity contribution in [2.45, 2.75) is 70.2 Å². The number of carbonyl (C=O) groups is 4. The van der Waals surface area contributed by atoms with Gasteiger partial charge in [0.05, 0.1) is 18.8 Å². The molecule has 13 atom stereocenters. The summed E-state index contributed by atoms with van der Waals surface area (Å²) in [5, 5.41) is 24.3. The van der Waals surface area contributed by atoms with Crippen molar-refractivity contribution in [3.63, 3.8) is 0 Å². The first-order valence-electron chi connectivity index (χ1n) is 15.5.